The summed E-state index contributed by atoms with van der Waals surface area (Å²) in [5, 5.41) is 0.455. The first-order valence-electron chi connectivity index (χ1n) is 4.76. The van der Waals surface area contributed by atoms with Crippen molar-refractivity contribution < 1.29 is 4.79 Å². The average molecular weight is 223 g/mol. The van der Waals surface area contributed by atoms with Gasteiger partial charge in [-0.05, 0) is 12.1 Å². The van der Waals surface area contributed by atoms with Crippen LogP contribution in [-0.2, 0) is 0 Å². The van der Waals surface area contributed by atoms with Gasteiger partial charge in [-0.3, -0.25) is 4.79 Å². The fourth-order valence-electron chi connectivity index (χ4n) is 1.43. The molecule has 0 aliphatic carbocycles. The molecule has 1 aromatic heterocycles. The van der Waals surface area contributed by atoms with E-state index >= 15 is 0 Å². The van der Waals surface area contributed by atoms with Gasteiger partial charge in [-0.15, -0.1) is 0 Å². The summed E-state index contributed by atoms with van der Waals surface area (Å²) < 4.78 is 0. The van der Waals surface area contributed by atoms with E-state index in [1.54, 1.807) is 12.1 Å². The van der Waals surface area contributed by atoms with Crippen molar-refractivity contribution in [3.8, 4) is 0 Å². The highest BCUT2D eigenvalue weighted by molar-refractivity contribution is 6.33. The topological polar surface area (TPSA) is 45.8 Å². The van der Waals surface area contributed by atoms with E-state index < -0.39 is 0 Å². The van der Waals surface area contributed by atoms with Gasteiger partial charge in [0.05, 0.1) is 16.1 Å². The summed E-state index contributed by atoms with van der Waals surface area (Å²) in [6.07, 6.45) is 0.742. The number of H-pyrrole nitrogens is 1. The number of aromatic nitrogens is 2. The zero-order chi connectivity index (χ0) is 11.0. The van der Waals surface area contributed by atoms with Gasteiger partial charge < -0.3 is 4.98 Å². The summed E-state index contributed by atoms with van der Waals surface area (Å²) in [5.74, 6) is 1.24. The van der Waals surface area contributed by atoms with Crippen LogP contribution in [0.15, 0.2) is 12.1 Å². The standard InChI is InChI=1S/C11H11ClN2O/c1-6(2)11-13-9-3-7(5-15)8(12)4-10(9)14-11/h3-6H,1-2H3,(H,13,14). The fourth-order valence-corrected chi connectivity index (χ4v) is 1.64. The summed E-state index contributed by atoms with van der Waals surface area (Å²) in [7, 11) is 0. The molecule has 0 atom stereocenters. The van der Waals surface area contributed by atoms with E-state index in [9.17, 15) is 4.79 Å². The number of imidazole rings is 1. The maximum atomic E-state index is 10.7. The second-order valence-electron chi connectivity index (χ2n) is 3.79. The predicted molar refractivity (Wildman–Crippen MR) is 60.6 cm³/mol. The molecule has 15 heavy (non-hydrogen) atoms. The molecule has 2 aromatic rings. The number of carbonyl (C=O) groups excluding carboxylic acids is 1. The van der Waals surface area contributed by atoms with Crippen molar-refractivity contribution >= 4 is 28.9 Å². The van der Waals surface area contributed by atoms with Gasteiger partial charge >= 0.3 is 0 Å². The van der Waals surface area contributed by atoms with Crippen LogP contribution in [0.2, 0.25) is 5.02 Å². The Morgan fingerprint density at radius 2 is 2.20 bits per heavy atom. The number of hydrogen-bond acceptors (Lipinski definition) is 2. The van der Waals surface area contributed by atoms with Crippen LogP contribution < -0.4 is 0 Å². The number of benzene rings is 1. The van der Waals surface area contributed by atoms with Crippen molar-refractivity contribution in [1.82, 2.24) is 9.97 Å². The van der Waals surface area contributed by atoms with Crippen LogP contribution in [0.4, 0.5) is 0 Å². The monoisotopic (exact) mass is 222 g/mol. The van der Waals surface area contributed by atoms with E-state index in [-0.39, 0.29) is 0 Å². The number of aromatic amines is 1. The van der Waals surface area contributed by atoms with E-state index in [1.165, 1.54) is 0 Å². The number of carbonyl (C=O) groups is 1. The zero-order valence-corrected chi connectivity index (χ0v) is 9.30. The van der Waals surface area contributed by atoms with Crippen molar-refractivity contribution in [3.05, 3.63) is 28.5 Å². The van der Waals surface area contributed by atoms with Gasteiger partial charge in [0, 0.05) is 11.5 Å². The molecule has 0 bridgehead atoms. The minimum Gasteiger partial charge on any atom is -0.342 e. The highest BCUT2D eigenvalue weighted by Crippen LogP contribution is 2.23. The maximum absolute atomic E-state index is 10.7. The van der Waals surface area contributed by atoms with E-state index in [4.69, 9.17) is 11.6 Å². The van der Waals surface area contributed by atoms with Crippen LogP contribution >= 0.6 is 11.6 Å². The first-order chi connectivity index (χ1) is 7.11. The third-order valence-electron chi connectivity index (χ3n) is 2.29. The number of hydrogen-bond donors (Lipinski definition) is 1. The van der Waals surface area contributed by atoms with Crippen molar-refractivity contribution in [3.63, 3.8) is 0 Å². The van der Waals surface area contributed by atoms with Crippen LogP contribution in [0.5, 0.6) is 0 Å². The van der Waals surface area contributed by atoms with Crippen molar-refractivity contribution in [2.45, 2.75) is 19.8 Å². The second kappa shape index (κ2) is 3.66. The molecule has 3 nitrogen and oxygen atoms in total. The van der Waals surface area contributed by atoms with Gasteiger partial charge in [0.1, 0.15) is 5.82 Å². The molecular weight excluding hydrogens is 212 g/mol. The number of nitrogens with one attached hydrogen (secondary N) is 1. The molecule has 0 fully saturated rings. The molecule has 2 rings (SSSR count). The number of rotatable bonds is 2. The van der Waals surface area contributed by atoms with Gasteiger partial charge in [0.25, 0.3) is 0 Å². The molecule has 1 aromatic carbocycles. The Morgan fingerprint density at radius 1 is 1.47 bits per heavy atom. The summed E-state index contributed by atoms with van der Waals surface area (Å²) in [6, 6.07) is 3.44. The molecule has 0 unspecified atom stereocenters. The normalized spacial score (nSPS) is 11.2. The number of nitrogens with zero attached hydrogens (tertiary/aromatic N) is 1. The Balaban J connectivity index is 2.66. The zero-order valence-electron chi connectivity index (χ0n) is 8.54. The first-order valence-corrected chi connectivity index (χ1v) is 5.14. The van der Waals surface area contributed by atoms with Gasteiger partial charge in [-0.25, -0.2) is 4.98 Å². The lowest BCUT2D eigenvalue weighted by Crippen LogP contribution is -1.88. The van der Waals surface area contributed by atoms with Crippen LogP contribution in [0.3, 0.4) is 0 Å². The van der Waals surface area contributed by atoms with E-state index in [0.29, 0.717) is 16.5 Å². The molecule has 1 N–H and O–H groups in total. The largest absolute Gasteiger partial charge is 0.342 e. The Hall–Kier alpha value is -1.35. The molecule has 0 saturated carbocycles. The lowest BCUT2D eigenvalue weighted by Gasteiger charge is -1.95. The minimum atomic E-state index is 0.329. The minimum absolute atomic E-state index is 0.329. The van der Waals surface area contributed by atoms with Gasteiger partial charge in [-0.1, -0.05) is 25.4 Å². The van der Waals surface area contributed by atoms with Crippen LogP contribution in [0.25, 0.3) is 11.0 Å². The van der Waals surface area contributed by atoms with Crippen molar-refractivity contribution in [2.75, 3.05) is 0 Å². The number of fused-ring (bicyclic) bond motifs is 1. The lowest BCUT2D eigenvalue weighted by atomic mass is 10.2. The molecule has 1 heterocycles. The third-order valence-corrected chi connectivity index (χ3v) is 2.62. The van der Waals surface area contributed by atoms with E-state index in [0.717, 1.165) is 23.1 Å². The highest BCUT2D eigenvalue weighted by atomic mass is 35.5. The molecule has 78 valence electrons. The second-order valence-corrected chi connectivity index (χ2v) is 4.19. The van der Waals surface area contributed by atoms with Crippen LogP contribution in [0.1, 0.15) is 35.9 Å². The summed E-state index contributed by atoms with van der Waals surface area (Å²) >= 11 is 5.91. The highest BCUT2D eigenvalue weighted by Gasteiger charge is 2.09. The van der Waals surface area contributed by atoms with E-state index in [2.05, 4.69) is 23.8 Å². The molecular formula is C11H11ClN2O. The van der Waals surface area contributed by atoms with Gasteiger partial charge in [0.15, 0.2) is 6.29 Å². The smallest absolute Gasteiger partial charge is 0.151 e. The number of aldehydes is 1. The van der Waals surface area contributed by atoms with Crippen molar-refractivity contribution in [1.29, 1.82) is 0 Å². The summed E-state index contributed by atoms with van der Waals surface area (Å²) in [5.41, 5.74) is 2.13. The van der Waals surface area contributed by atoms with E-state index in [1.807, 2.05) is 0 Å². The first kappa shape index (κ1) is 10.2. The Labute approximate surface area is 92.5 Å². The fraction of sp³-hybridized carbons (Fsp3) is 0.273. The van der Waals surface area contributed by atoms with Gasteiger partial charge in [0.2, 0.25) is 0 Å². The molecule has 0 radical (unpaired) electrons. The molecule has 0 amide bonds. The molecule has 0 aliphatic rings. The SMILES string of the molecule is CC(C)c1nc2cc(C=O)c(Cl)cc2[nH]1. The predicted octanol–water partition coefficient (Wildman–Crippen LogP) is 3.15. The Bertz CT molecular complexity index is 517. The van der Waals surface area contributed by atoms with Crippen LogP contribution in [0, 0.1) is 0 Å². The molecule has 0 spiro atoms. The Morgan fingerprint density at radius 3 is 2.80 bits per heavy atom. The lowest BCUT2D eigenvalue weighted by molar-refractivity contribution is 0.112. The molecule has 0 aliphatic heterocycles. The average Bonchev–Trinajstić information content (AvgIpc) is 2.59. The van der Waals surface area contributed by atoms with Gasteiger partial charge in [-0.2, -0.15) is 0 Å². The third kappa shape index (κ3) is 1.75. The van der Waals surface area contributed by atoms with Crippen LogP contribution in [-0.4, -0.2) is 16.3 Å². The maximum Gasteiger partial charge on any atom is 0.151 e. The summed E-state index contributed by atoms with van der Waals surface area (Å²) in [6.45, 7) is 4.11. The molecule has 0 saturated heterocycles. The molecule has 4 heteroatoms. The van der Waals surface area contributed by atoms with Crippen molar-refractivity contribution in [2.24, 2.45) is 0 Å². The summed E-state index contributed by atoms with van der Waals surface area (Å²) in [4.78, 5) is 18.3. The quantitative estimate of drug-likeness (QED) is 0.794. The number of halogens is 1. The Kier molecular flexibility index (Phi) is 2.49.